The molecular weight excluding hydrogens is 314 g/mol. The first-order chi connectivity index (χ1) is 11.7. The zero-order valence-electron chi connectivity index (χ0n) is 16.2. The monoisotopic (exact) mass is 345 g/mol. The van der Waals surface area contributed by atoms with Gasteiger partial charge in [-0.2, -0.15) is 0 Å². The molecule has 0 radical (unpaired) electrons. The summed E-state index contributed by atoms with van der Waals surface area (Å²) in [4.78, 5) is 27.2. The number of nitrogens with zero attached hydrogens (tertiary/aromatic N) is 1. The molecule has 0 atom stereocenters. The Balaban J connectivity index is 2.25. The quantitative estimate of drug-likeness (QED) is 0.598. The molecule has 1 aliphatic rings. The molecule has 2 rings (SSSR count). The molecule has 138 valence electrons. The fourth-order valence-corrected chi connectivity index (χ4v) is 3.52. The van der Waals surface area contributed by atoms with Crippen molar-refractivity contribution in [3.05, 3.63) is 29.8 Å². The lowest BCUT2D eigenvalue weighted by Crippen LogP contribution is -2.46. The predicted molar refractivity (Wildman–Crippen MR) is 99.9 cm³/mol. The second-order valence-electron chi connectivity index (χ2n) is 8.40. The Morgan fingerprint density at radius 1 is 1.20 bits per heavy atom. The van der Waals surface area contributed by atoms with Gasteiger partial charge >= 0.3 is 5.97 Å². The van der Waals surface area contributed by atoms with Crippen LogP contribution in [0.5, 0.6) is 5.75 Å². The van der Waals surface area contributed by atoms with Crippen molar-refractivity contribution in [3.63, 3.8) is 0 Å². The molecule has 1 fully saturated rings. The summed E-state index contributed by atoms with van der Waals surface area (Å²) in [7, 11) is 2.09. The second kappa shape index (κ2) is 7.69. The first-order valence-electron chi connectivity index (χ1n) is 9.19. The number of piperidine rings is 1. The van der Waals surface area contributed by atoms with Gasteiger partial charge in [0, 0.05) is 6.42 Å². The number of benzene rings is 1. The lowest BCUT2D eigenvalue weighted by atomic mass is 9.69. The van der Waals surface area contributed by atoms with E-state index in [0.717, 1.165) is 31.5 Å². The molecule has 0 N–H and O–H groups in total. The van der Waals surface area contributed by atoms with Gasteiger partial charge in [-0.25, -0.2) is 0 Å². The molecule has 0 aromatic heterocycles. The zero-order chi connectivity index (χ0) is 18.7. The van der Waals surface area contributed by atoms with Crippen molar-refractivity contribution in [1.82, 2.24) is 4.90 Å². The Labute approximate surface area is 151 Å². The lowest BCUT2D eigenvalue weighted by molar-refractivity contribution is -0.136. The average molecular weight is 345 g/mol. The lowest BCUT2D eigenvalue weighted by Gasteiger charge is -2.40. The van der Waals surface area contributed by atoms with E-state index in [0.29, 0.717) is 18.6 Å². The van der Waals surface area contributed by atoms with Gasteiger partial charge in [-0.05, 0) is 56.1 Å². The van der Waals surface area contributed by atoms with Crippen molar-refractivity contribution < 1.29 is 14.3 Å². The van der Waals surface area contributed by atoms with Crippen molar-refractivity contribution >= 4 is 11.8 Å². The minimum atomic E-state index is -0.451. The van der Waals surface area contributed by atoms with Gasteiger partial charge in [-0.1, -0.05) is 39.8 Å². The molecule has 25 heavy (non-hydrogen) atoms. The van der Waals surface area contributed by atoms with E-state index in [2.05, 4.69) is 11.9 Å². The van der Waals surface area contributed by atoms with Crippen molar-refractivity contribution in [2.24, 2.45) is 5.41 Å². The summed E-state index contributed by atoms with van der Waals surface area (Å²) in [6, 6.07) is 7.57. The highest BCUT2D eigenvalue weighted by atomic mass is 16.5. The maximum absolute atomic E-state index is 12.8. The Morgan fingerprint density at radius 2 is 1.84 bits per heavy atom. The van der Waals surface area contributed by atoms with E-state index in [1.165, 1.54) is 0 Å². The summed E-state index contributed by atoms with van der Waals surface area (Å²) in [6.07, 6.45) is 2.52. The maximum atomic E-state index is 12.8. The molecule has 1 aliphatic heterocycles. The van der Waals surface area contributed by atoms with Crippen LogP contribution in [0, 0.1) is 5.41 Å². The summed E-state index contributed by atoms with van der Waals surface area (Å²) in [5.41, 5.74) is 0.420. The first-order valence-corrected chi connectivity index (χ1v) is 9.19. The van der Waals surface area contributed by atoms with Crippen LogP contribution in [0.25, 0.3) is 0 Å². The topological polar surface area (TPSA) is 46.6 Å². The average Bonchev–Trinajstić information content (AvgIpc) is 2.53. The molecular formula is C21H31NO3. The second-order valence-corrected chi connectivity index (χ2v) is 8.40. The minimum absolute atomic E-state index is 0.109. The standard InChI is InChI=1S/C21H31NO3/c1-6-18(23)21(10-12-22(5)13-11-21)16-8-7-9-17(14-16)25-19(24)15-20(2,3)4/h7-9,14H,6,10-13,15H2,1-5H3. The van der Waals surface area contributed by atoms with Gasteiger partial charge in [0.15, 0.2) is 0 Å². The fraction of sp³-hybridized carbons (Fsp3) is 0.619. The Morgan fingerprint density at radius 3 is 2.40 bits per heavy atom. The van der Waals surface area contributed by atoms with E-state index in [-0.39, 0.29) is 17.2 Å². The normalized spacial score (nSPS) is 18.0. The summed E-state index contributed by atoms with van der Waals surface area (Å²) in [5, 5.41) is 0. The molecule has 1 saturated heterocycles. The van der Waals surface area contributed by atoms with Gasteiger partial charge in [0.25, 0.3) is 0 Å². The van der Waals surface area contributed by atoms with E-state index < -0.39 is 5.41 Å². The maximum Gasteiger partial charge on any atom is 0.311 e. The fourth-order valence-electron chi connectivity index (χ4n) is 3.52. The predicted octanol–water partition coefficient (Wildman–Crippen LogP) is 3.97. The van der Waals surface area contributed by atoms with Crippen LogP contribution in [0.3, 0.4) is 0 Å². The molecule has 0 amide bonds. The Bertz CT molecular complexity index is 622. The van der Waals surface area contributed by atoms with Crippen molar-refractivity contribution in [2.45, 2.75) is 58.8 Å². The highest BCUT2D eigenvalue weighted by Crippen LogP contribution is 2.38. The summed E-state index contributed by atoms with van der Waals surface area (Å²) in [6.45, 7) is 9.77. The van der Waals surface area contributed by atoms with Crippen LogP contribution in [0.4, 0.5) is 0 Å². The third kappa shape index (κ3) is 4.91. The molecule has 0 unspecified atom stereocenters. The van der Waals surface area contributed by atoms with Gasteiger partial charge in [-0.15, -0.1) is 0 Å². The van der Waals surface area contributed by atoms with Crippen LogP contribution in [-0.2, 0) is 15.0 Å². The number of hydrogen-bond donors (Lipinski definition) is 0. The summed E-state index contributed by atoms with van der Waals surface area (Å²) >= 11 is 0. The number of Topliss-reactive ketones (excluding diaryl/α,β-unsaturated/α-hetero) is 1. The Hall–Kier alpha value is -1.68. The largest absolute Gasteiger partial charge is 0.427 e. The molecule has 0 saturated carbocycles. The molecule has 0 aliphatic carbocycles. The summed E-state index contributed by atoms with van der Waals surface area (Å²) in [5.74, 6) is 0.580. The van der Waals surface area contributed by atoms with Gasteiger partial charge in [0.2, 0.25) is 0 Å². The SMILES string of the molecule is CCC(=O)C1(c2cccc(OC(=O)CC(C)(C)C)c2)CCN(C)CC1. The third-order valence-corrected chi connectivity index (χ3v) is 4.99. The van der Waals surface area contributed by atoms with Crippen LogP contribution in [0.2, 0.25) is 0 Å². The molecule has 1 aromatic rings. The third-order valence-electron chi connectivity index (χ3n) is 4.99. The van der Waals surface area contributed by atoms with Crippen LogP contribution in [0.1, 0.15) is 58.9 Å². The Kier molecular flexibility index (Phi) is 6.04. The number of carbonyl (C=O) groups is 2. The van der Waals surface area contributed by atoms with E-state index in [1.807, 2.05) is 45.9 Å². The van der Waals surface area contributed by atoms with E-state index in [4.69, 9.17) is 4.74 Å². The van der Waals surface area contributed by atoms with Crippen molar-refractivity contribution in [2.75, 3.05) is 20.1 Å². The number of esters is 1. The van der Waals surface area contributed by atoms with Gasteiger partial charge < -0.3 is 9.64 Å². The number of rotatable bonds is 5. The number of hydrogen-bond acceptors (Lipinski definition) is 4. The van der Waals surface area contributed by atoms with Crippen LogP contribution in [0.15, 0.2) is 24.3 Å². The molecule has 0 bridgehead atoms. The van der Waals surface area contributed by atoms with Crippen molar-refractivity contribution in [3.8, 4) is 5.75 Å². The number of carbonyl (C=O) groups excluding carboxylic acids is 2. The summed E-state index contributed by atoms with van der Waals surface area (Å²) < 4.78 is 5.54. The number of ether oxygens (including phenoxy) is 1. The molecule has 4 nitrogen and oxygen atoms in total. The van der Waals surface area contributed by atoms with Crippen LogP contribution < -0.4 is 4.74 Å². The van der Waals surface area contributed by atoms with Crippen molar-refractivity contribution in [1.29, 1.82) is 0 Å². The molecule has 0 spiro atoms. The van der Waals surface area contributed by atoms with Gasteiger partial charge in [0.05, 0.1) is 11.8 Å². The molecule has 4 heteroatoms. The van der Waals surface area contributed by atoms with Gasteiger partial charge in [0.1, 0.15) is 11.5 Å². The first kappa shape index (κ1) is 19.6. The number of ketones is 1. The smallest absolute Gasteiger partial charge is 0.311 e. The van der Waals surface area contributed by atoms with Crippen LogP contribution >= 0.6 is 0 Å². The van der Waals surface area contributed by atoms with E-state index in [9.17, 15) is 9.59 Å². The highest BCUT2D eigenvalue weighted by molar-refractivity contribution is 5.90. The minimum Gasteiger partial charge on any atom is -0.427 e. The van der Waals surface area contributed by atoms with E-state index >= 15 is 0 Å². The van der Waals surface area contributed by atoms with Gasteiger partial charge in [-0.3, -0.25) is 9.59 Å². The highest BCUT2D eigenvalue weighted by Gasteiger charge is 2.41. The van der Waals surface area contributed by atoms with Crippen LogP contribution in [-0.4, -0.2) is 36.8 Å². The van der Waals surface area contributed by atoms with E-state index in [1.54, 1.807) is 6.07 Å². The zero-order valence-corrected chi connectivity index (χ0v) is 16.2. The molecule has 1 heterocycles. The number of likely N-dealkylation sites (tertiary alicyclic amines) is 1. The molecule has 1 aromatic carbocycles.